The van der Waals surface area contributed by atoms with Gasteiger partial charge >= 0.3 is 6.16 Å². The van der Waals surface area contributed by atoms with Crippen LogP contribution in [0.4, 0.5) is 4.79 Å². The second-order valence-corrected chi connectivity index (χ2v) is 5.54. The van der Waals surface area contributed by atoms with Gasteiger partial charge in [0.15, 0.2) is 6.10 Å². The topological polar surface area (TPSA) is 48.7 Å². The molecule has 1 unspecified atom stereocenters. The number of hydrogen-bond donors (Lipinski definition) is 0. The molecule has 1 atom stereocenters. The van der Waals surface area contributed by atoms with E-state index in [1.165, 1.54) is 7.11 Å². The zero-order chi connectivity index (χ0) is 18.2. The van der Waals surface area contributed by atoms with Crippen molar-refractivity contribution >= 4 is 6.16 Å². The predicted octanol–water partition coefficient (Wildman–Crippen LogP) is 4.75. The first-order valence-electron chi connectivity index (χ1n) is 8.17. The molecule has 0 N–H and O–H groups in total. The van der Waals surface area contributed by atoms with Gasteiger partial charge in [-0.1, -0.05) is 48.4 Å². The average Bonchev–Trinajstić information content (AvgIpc) is 3.19. The van der Waals surface area contributed by atoms with Gasteiger partial charge in [-0.2, -0.15) is 0 Å². The van der Waals surface area contributed by atoms with E-state index in [-0.39, 0.29) is 0 Å². The first-order chi connectivity index (χ1) is 12.8. The second-order valence-electron chi connectivity index (χ2n) is 5.54. The Bertz CT molecular complexity index is 902. The van der Waals surface area contributed by atoms with E-state index in [9.17, 15) is 4.79 Å². The fraction of sp³-hybridized carbons (Fsp3) is 0.136. The molecule has 4 nitrogen and oxygen atoms in total. The van der Waals surface area contributed by atoms with Gasteiger partial charge in [0.05, 0.1) is 13.4 Å². The van der Waals surface area contributed by atoms with Crippen molar-refractivity contribution < 1.29 is 18.7 Å². The third-order valence-electron chi connectivity index (χ3n) is 3.78. The van der Waals surface area contributed by atoms with Crippen LogP contribution in [0.5, 0.6) is 0 Å². The van der Waals surface area contributed by atoms with Crippen molar-refractivity contribution in [1.29, 1.82) is 0 Å². The Labute approximate surface area is 152 Å². The maximum absolute atomic E-state index is 11.7. The molecular formula is C22H18O4. The van der Waals surface area contributed by atoms with Gasteiger partial charge in [-0.15, -0.1) is 0 Å². The van der Waals surface area contributed by atoms with Crippen LogP contribution in [-0.2, 0) is 15.9 Å². The highest BCUT2D eigenvalue weighted by atomic mass is 16.7. The molecule has 0 aliphatic heterocycles. The number of furan rings is 1. The molecule has 26 heavy (non-hydrogen) atoms. The summed E-state index contributed by atoms with van der Waals surface area (Å²) >= 11 is 0. The molecular weight excluding hydrogens is 328 g/mol. The van der Waals surface area contributed by atoms with E-state index in [2.05, 4.69) is 16.6 Å². The van der Waals surface area contributed by atoms with Gasteiger partial charge in [0.25, 0.3) is 0 Å². The maximum atomic E-state index is 11.7. The molecule has 1 aromatic heterocycles. The van der Waals surface area contributed by atoms with Crippen LogP contribution in [0.2, 0.25) is 0 Å². The number of carbonyl (C=O) groups excluding carboxylic acids is 1. The summed E-state index contributed by atoms with van der Waals surface area (Å²) in [5.41, 5.74) is 2.62. The lowest BCUT2D eigenvalue weighted by atomic mass is 9.99. The summed E-state index contributed by atoms with van der Waals surface area (Å²) in [4.78, 5) is 11.7. The highest BCUT2D eigenvalue weighted by Crippen LogP contribution is 2.24. The SMILES string of the molecule is COC(=O)OC(C#Cc1ccccc1)c1ccccc1Cc1ccco1. The maximum Gasteiger partial charge on any atom is 0.509 e. The minimum atomic E-state index is -0.773. The minimum Gasteiger partial charge on any atom is -0.469 e. The molecule has 130 valence electrons. The minimum absolute atomic E-state index is 0.581. The third kappa shape index (κ3) is 4.55. The summed E-state index contributed by atoms with van der Waals surface area (Å²) in [5.74, 6) is 6.91. The van der Waals surface area contributed by atoms with Crippen LogP contribution in [0.1, 0.15) is 28.6 Å². The van der Waals surface area contributed by atoms with Crippen molar-refractivity contribution in [3.05, 3.63) is 95.4 Å². The smallest absolute Gasteiger partial charge is 0.469 e. The van der Waals surface area contributed by atoms with Crippen molar-refractivity contribution in [3.8, 4) is 11.8 Å². The van der Waals surface area contributed by atoms with Crippen LogP contribution in [-0.4, -0.2) is 13.3 Å². The van der Waals surface area contributed by atoms with Gasteiger partial charge in [-0.3, -0.25) is 0 Å². The Kier molecular flexibility index (Phi) is 5.74. The lowest BCUT2D eigenvalue weighted by molar-refractivity contribution is 0.0548. The molecule has 0 saturated carbocycles. The Hall–Kier alpha value is -3.45. The lowest BCUT2D eigenvalue weighted by Crippen LogP contribution is -2.12. The number of benzene rings is 2. The van der Waals surface area contributed by atoms with Crippen LogP contribution in [0.3, 0.4) is 0 Å². The molecule has 0 saturated heterocycles. The van der Waals surface area contributed by atoms with Crippen molar-refractivity contribution in [3.63, 3.8) is 0 Å². The summed E-state index contributed by atoms with van der Waals surface area (Å²) in [6.45, 7) is 0. The number of ether oxygens (including phenoxy) is 2. The summed E-state index contributed by atoms with van der Waals surface area (Å²) in [7, 11) is 1.28. The zero-order valence-corrected chi connectivity index (χ0v) is 14.3. The van der Waals surface area contributed by atoms with E-state index in [0.29, 0.717) is 6.42 Å². The fourth-order valence-electron chi connectivity index (χ4n) is 2.54. The Morgan fingerprint density at radius 3 is 2.54 bits per heavy atom. The first-order valence-corrected chi connectivity index (χ1v) is 8.17. The molecule has 0 amide bonds. The predicted molar refractivity (Wildman–Crippen MR) is 97.5 cm³/mol. The fourth-order valence-corrected chi connectivity index (χ4v) is 2.54. The van der Waals surface area contributed by atoms with Crippen molar-refractivity contribution in [2.45, 2.75) is 12.5 Å². The standard InChI is InChI=1S/C22H18O4/c1-24-22(23)26-21(14-13-17-8-3-2-4-9-17)20-12-6-5-10-18(20)16-19-11-7-15-25-19/h2-12,15,21H,16H2,1H3. The summed E-state index contributed by atoms with van der Waals surface area (Å²) in [6.07, 6.45) is 0.700. The van der Waals surface area contributed by atoms with Gasteiger partial charge in [0.2, 0.25) is 0 Å². The van der Waals surface area contributed by atoms with E-state index < -0.39 is 12.3 Å². The highest BCUT2D eigenvalue weighted by Gasteiger charge is 2.18. The van der Waals surface area contributed by atoms with Crippen LogP contribution in [0.25, 0.3) is 0 Å². The van der Waals surface area contributed by atoms with Gasteiger partial charge in [0, 0.05) is 17.5 Å². The van der Waals surface area contributed by atoms with Crippen molar-refractivity contribution in [1.82, 2.24) is 0 Å². The average molecular weight is 346 g/mol. The Balaban J connectivity index is 1.94. The van der Waals surface area contributed by atoms with E-state index >= 15 is 0 Å². The molecule has 0 radical (unpaired) electrons. The largest absolute Gasteiger partial charge is 0.509 e. The molecule has 0 aliphatic rings. The number of carbonyl (C=O) groups is 1. The summed E-state index contributed by atoms with van der Waals surface area (Å²) in [5, 5.41) is 0. The Morgan fingerprint density at radius 1 is 1.04 bits per heavy atom. The molecule has 0 bridgehead atoms. The van der Waals surface area contributed by atoms with Crippen LogP contribution in [0, 0.1) is 11.8 Å². The molecule has 0 aliphatic carbocycles. The Morgan fingerprint density at radius 2 is 1.81 bits per heavy atom. The van der Waals surface area contributed by atoms with Crippen LogP contribution >= 0.6 is 0 Å². The lowest BCUT2D eigenvalue weighted by Gasteiger charge is -2.15. The van der Waals surface area contributed by atoms with Gasteiger partial charge in [0.1, 0.15) is 5.76 Å². The number of methoxy groups -OCH3 is 1. The molecule has 3 rings (SSSR count). The van der Waals surface area contributed by atoms with Crippen LogP contribution in [0.15, 0.2) is 77.4 Å². The van der Waals surface area contributed by atoms with E-state index in [1.807, 2.05) is 66.7 Å². The van der Waals surface area contributed by atoms with Gasteiger partial charge in [-0.05, 0) is 35.7 Å². The molecule has 4 heteroatoms. The molecule has 3 aromatic rings. The monoisotopic (exact) mass is 346 g/mol. The molecule has 1 heterocycles. The molecule has 0 fully saturated rings. The number of hydrogen-bond acceptors (Lipinski definition) is 4. The van der Waals surface area contributed by atoms with E-state index in [0.717, 1.165) is 22.5 Å². The highest BCUT2D eigenvalue weighted by molar-refractivity contribution is 5.61. The summed E-state index contributed by atoms with van der Waals surface area (Å²) < 4.78 is 15.5. The normalized spacial score (nSPS) is 11.1. The van der Waals surface area contributed by atoms with Crippen molar-refractivity contribution in [2.24, 2.45) is 0 Å². The van der Waals surface area contributed by atoms with E-state index in [1.54, 1.807) is 6.26 Å². The van der Waals surface area contributed by atoms with Crippen molar-refractivity contribution in [2.75, 3.05) is 7.11 Å². The third-order valence-corrected chi connectivity index (χ3v) is 3.78. The van der Waals surface area contributed by atoms with Gasteiger partial charge < -0.3 is 13.9 Å². The number of rotatable bonds is 4. The first kappa shape index (κ1) is 17.4. The second kappa shape index (κ2) is 8.59. The van der Waals surface area contributed by atoms with Gasteiger partial charge in [-0.25, -0.2) is 4.79 Å². The molecule has 2 aromatic carbocycles. The van der Waals surface area contributed by atoms with E-state index in [4.69, 9.17) is 9.15 Å². The summed E-state index contributed by atoms with van der Waals surface area (Å²) in [6, 6.07) is 21.0. The van der Waals surface area contributed by atoms with Crippen LogP contribution < -0.4 is 0 Å². The molecule has 0 spiro atoms. The quantitative estimate of drug-likeness (QED) is 0.505. The zero-order valence-electron chi connectivity index (χ0n) is 14.3.